The summed E-state index contributed by atoms with van der Waals surface area (Å²) in [6, 6.07) is 0. The molecule has 1 heterocycles. The highest BCUT2D eigenvalue weighted by molar-refractivity contribution is 5.79. The lowest BCUT2D eigenvalue weighted by molar-refractivity contribution is 0.0476. The smallest absolute Gasteiger partial charge is 0.408 e. The Labute approximate surface area is 159 Å². The average Bonchev–Trinajstić information content (AvgIpc) is 2.99. The maximum atomic E-state index is 12.0. The summed E-state index contributed by atoms with van der Waals surface area (Å²) in [5.74, 6) is 0.785. The van der Waals surface area contributed by atoms with E-state index in [1.54, 1.807) is 0 Å². The van der Waals surface area contributed by atoms with Gasteiger partial charge in [-0.3, -0.25) is 4.99 Å². The molecule has 0 saturated carbocycles. The lowest BCUT2D eigenvalue weighted by atomic mass is 10.1. The molecule has 1 aliphatic rings. The highest BCUT2D eigenvalue weighted by Crippen LogP contribution is 2.10. The summed E-state index contributed by atoms with van der Waals surface area (Å²) in [6.45, 7) is 17.3. The zero-order valence-corrected chi connectivity index (χ0v) is 17.6. The van der Waals surface area contributed by atoms with Crippen LogP contribution in [0.2, 0.25) is 0 Å². The molecule has 3 N–H and O–H groups in total. The summed E-state index contributed by atoms with van der Waals surface area (Å²) in [7, 11) is 0. The van der Waals surface area contributed by atoms with Gasteiger partial charge in [-0.15, -0.1) is 0 Å². The van der Waals surface area contributed by atoms with Crippen molar-refractivity contribution < 1.29 is 9.53 Å². The molecule has 0 radical (unpaired) electrons. The number of hydrogen-bond donors (Lipinski definition) is 3. The Balaban J connectivity index is 2.40. The molecule has 1 fully saturated rings. The van der Waals surface area contributed by atoms with Gasteiger partial charge in [0.15, 0.2) is 5.96 Å². The zero-order valence-electron chi connectivity index (χ0n) is 17.6. The summed E-state index contributed by atoms with van der Waals surface area (Å²) in [6.07, 6.45) is 3.35. The van der Waals surface area contributed by atoms with E-state index in [9.17, 15) is 4.79 Å². The molecule has 1 rings (SSSR count). The van der Waals surface area contributed by atoms with Crippen LogP contribution in [0.3, 0.4) is 0 Å². The average molecular weight is 370 g/mol. The Kier molecular flexibility index (Phi) is 9.19. The molecule has 0 aromatic carbocycles. The van der Waals surface area contributed by atoms with Crippen LogP contribution < -0.4 is 16.0 Å². The van der Waals surface area contributed by atoms with E-state index in [2.05, 4.69) is 25.8 Å². The van der Waals surface area contributed by atoms with Gasteiger partial charge in [0.1, 0.15) is 5.60 Å². The maximum absolute atomic E-state index is 12.0. The molecule has 0 atom stereocenters. The first-order chi connectivity index (χ1) is 12.1. The molecule has 7 heteroatoms. The van der Waals surface area contributed by atoms with E-state index in [0.29, 0.717) is 6.54 Å². The minimum Gasteiger partial charge on any atom is -0.444 e. The first-order valence-electron chi connectivity index (χ1n) is 9.87. The van der Waals surface area contributed by atoms with Crippen molar-refractivity contribution in [1.82, 2.24) is 20.9 Å². The Bertz CT molecular complexity index is 451. The second kappa shape index (κ2) is 10.6. The maximum Gasteiger partial charge on any atom is 0.408 e. The number of nitrogens with one attached hydrogen (secondary N) is 3. The van der Waals surface area contributed by atoms with Crippen molar-refractivity contribution in [2.45, 2.75) is 71.9 Å². The van der Waals surface area contributed by atoms with Gasteiger partial charge in [0.25, 0.3) is 0 Å². The fourth-order valence-electron chi connectivity index (χ4n) is 2.75. The third-order valence-electron chi connectivity index (χ3n) is 3.96. The number of amides is 1. The Morgan fingerprint density at radius 3 is 2.35 bits per heavy atom. The predicted octanol–water partition coefficient (Wildman–Crippen LogP) is 2.33. The van der Waals surface area contributed by atoms with Gasteiger partial charge >= 0.3 is 6.09 Å². The molecule has 0 aromatic rings. The largest absolute Gasteiger partial charge is 0.444 e. The first-order valence-corrected chi connectivity index (χ1v) is 9.87. The van der Waals surface area contributed by atoms with Gasteiger partial charge in [0.05, 0.1) is 12.1 Å². The molecule has 1 amide bonds. The Morgan fingerprint density at radius 1 is 1.12 bits per heavy atom. The number of nitrogens with zero attached hydrogens (tertiary/aromatic N) is 2. The minimum atomic E-state index is -0.505. The normalized spacial score (nSPS) is 16.5. The number of guanidine groups is 1. The lowest BCUT2D eigenvalue weighted by Gasteiger charge is -2.27. The molecule has 0 unspecified atom stereocenters. The minimum absolute atomic E-state index is 0.415. The SMILES string of the molecule is CCNC(=NCC(C)(C)NC(=O)OC(C)(C)C)NCCCN1CCCC1. The van der Waals surface area contributed by atoms with Crippen LogP contribution >= 0.6 is 0 Å². The van der Waals surface area contributed by atoms with Crippen molar-refractivity contribution in [3.05, 3.63) is 0 Å². The highest BCUT2D eigenvalue weighted by Gasteiger charge is 2.24. The van der Waals surface area contributed by atoms with Gasteiger partial charge in [-0.1, -0.05) is 0 Å². The van der Waals surface area contributed by atoms with Crippen LogP contribution in [0.5, 0.6) is 0 Å². The molecule has 152 valence electrons. The molecule has 26 heavy (non-hydrogen) atoms. The number of carbonyl (C=O) groups excluding carboxylic acids is 1. The summed E-state index contributed by atoms with van der Waals surface area (Å²) < 4.78 is 5.32. The van der Waals surface area contributed by atoms with Gasteiger partial charge < -0.3 is 25.6 Å². The van der Waals surface area contributed by atoms with Gasteiger partial charge in [0.2, 0.25) is 0 Å². The van der Waals surface area contributed by atoms with Crippen molar-refractivity contribution in [3.8, 4) is 0 Å². The van der Waals surface area contributed by atoms with Gasteiger partial charge in [-0.25, -0.2) is 4.79 Å². The number of rotatable bonds is 8. The van der Waals surface area contributed by atoms with Crippen molar-refractivity contribution in [2.75, 3.05) is 39.3 Å². The molecule has 0 aliphatic carbocycles. The van der Waals surface area contributed by atoms with Crippen LogP contribution in [-0.4, -0.2) is 67.4 Å². The molecular formula is C19H39N5O2. The molecule has 0 bridgehead atoms. The van der Waals surface area contributed by atoms with Gasteiger partial charge in [-0.2, -0.15) is 0 Å². The van der Waals surface area contributed by atoms with E-state index in [0.717, 1.165) is 32.0 Å². The van der Waals surface area contributed by atoms with Crippen LogP contribution in [-0.2, 0) is 4.74 Å². The molecule has 0 aromatic heterocycles. The first kappa shape index (κ1) is 22.5. The Morgan fingerprint density at radius 2 is 1.77 bits per heavy atom. The monoisotopic (exact) mass is 369 g/mol. The van der Waals surface area contributed by atoms with Crippen molar-refractivity contribution >= 4 is 12.1 Å². The van der Waals surface area contributed by atoms with Gasteiger partial charge in [0, 0.05) is 13.1 Å². The van der Waals surface area contributed by atoms with Crippen LogP contribution in [0.1, 0.15) is 60.8 Å². The van der Waals surface area contributed by atoms with E-state index < -0.39 is 17.2 Å². The molecule has 0 spiro atoms. The number of carbonyl (C=O) groups is 1. The summed E-state index contributed by atoms with van der Waals surface area (Å²) in [4.78, 5) is 19.1. The Hall–Kier alpha value is -1.50. The summed E-state index contributed by atoms with van der Waals surface area (Å²) in [5.41, 5.74) is -0.991. The van der Waals surface area contributed by atoms with Crippen LogP contribution in [0.15, 0.2) is 4.99 Å². The van der Waals surface area contributed by atoms with E-state index in [1.165, 1.54) is 25.9 Å². The third kappa shape index (κ3) is 10.5. The van der Waals surface area contributed by atoms with Crippen LogP contribution in [0, 0.1) is 0 Å². The lowest BCUT2D eigenvalue weighted by Crippen LogP contribution is -2.49. The summed E-state index contributed by atoms with van der Waals surface area (Å²) in [5, 5.41) is 9.52. The van der Waals surface area contributed by atoms with E-state index in [4.69, 9.17) is 4.74 Å². The topological polar surface area (TPSA) is 78.0 Å². The quantitative estimate of drug-likeness (QED) is 0.348. The molecular weight excluding hydrogens is 330 g/mol. The second-order valence-electron chi connectivity index (χ2n) is 8.54. The number of hydrogen-bond acceptors (Lipinski definition) is 4. The van der Waals surface area contributed by atoms with Gasteiger partial charge in [-0.05, 0) is 80.4 Å². The molecule has 1 saturated heterocycles. The van der Waals surface area contributed by atoms with Crippen molar-refractivity contribution in [3.63, 3.8) is 0 Å². The van der Waals surface area contributed by atoms with E-state index in [-0.39, 0.29) is 0 Å². The number of aliphatic imine (C=N–C) groups is 1. The highest BCUT2D eigenvalue weighted by atomic mass is 16.6. The van der Waals surface area contributed by atoms with E-state index in [1.807, 2.05) is 41.5 Å². The summed E-state index contributed by atoms with van der Waals surface area (Å²) >= 11 is 0. The number of likely N-dealkylation sites (tertiary alicyclic amines) is 1. The standard InChI is InChI=1S/C19H39N5O2/c1-7-20-16(21-11-10-14-24-12-8-9-13-24)22-15-19(5,6)23-17(25)26-18(2,3)4/h7-15H2,1-6H3,(H,23,25)(H2,20,21,22). The molecule has 7 nitrogen and oxygen atoms in total. The van der Waals surface area contributed by atoms with Crippen LogP contribution in [0.25, 0.3) is 0 Å². The van der Waals surface area contributed by atoms with E-state index >= 15 is 0 Å². The van der Waals surface area contributed by atoms with Crippen molar-refractivity contribution in [2.24, 2.45) is 4.99 Å². The van der Waals surface area contributed by atoms with Crippen molar-refractivity contribution in [1.29, 1.82) is 0 Å². The number of ether oxygens (including phenoxy) is 1. The zero-order chi connectivity index (χ0) is 19.6. The second-order valence-corrected chi connectivity index (χ2v) is 8.54. The number of alkyl carbamates (subject to hydrolysis) is 1. The van der Waals surface area contributed by atoms with Crippen LogP contribution in [0.4, 0.5) is 4.79 Å². The predicted molar refractivity (Wildman–Crippen MR) is 108 cm³/mol. The fourth-order valence-corrected chi connectivity index (χ4v) is 2.75. The third-order valence-corrected chi connectivity index (χ3v) is 3.96. The molecule has 1 aliphatic heterocycles. The fraction of sp³-hybridized carbons (Fsp3) is 0.895.